The van der Waals surface area contributed by atoms with Crippen LogP contribution in [0.1, 0.15) is 43.4 Å². The first-order chi connectivity index (χ1) is 20.1. The zero-order valence-corrected chi connectivity index (χ0v) is 23.4. The highest BCUT2D eigenvalue weighted by molar-refractivity contribution is 7.89. The first-order valence-electron chi connectivity index (χ1n) is 12.8. The molecule has 0 fully saturated rings. The molecule has 11 heteroatoms. The molecule has 3 N–H and O–H groups in total. The van der Waals surface area contributed by atoms with Crippen molar-refractivity contribution in [3.8, 4) is 22.6 Å². The van der Waals surface area contributed by atoms with E-state index in [1.807, 2.05) is 0 Å². The maximum absolute atomic E-state index is 13.4. The van der Waals surface area contributed by atoms with Crippen molar-refractivity contribution >= 4 is 27.7 Å². The van der Waals surface area contributed by atoms with E-state index < -0.39 is 27.9 Å². The van der Waals surface area contributed by atoms with Gasteiger partial charge in [0.1, 0.15) is 0 Å². The number of amides is 1. The molecule has 4 aromatic carbocycles. The summed E-state index contributed by atoms with van der Waals surface area (Å²) in [5.74, 6) is -1.55. The van der Waals surface area contributed by atoms with Gasteiger partial charge >= 0.3 is 5.97 Å². The number of methoxy groups -OCH3 is 2. The average molecular weight is 587 g/mol. The predicted molar refractivity (Wildman–Crippen MR) is 153 cm³/mol. The summed E-state index contributed by atoms with van der Waals surface area (Å²) in [7, 11) is -1.12. The summed E-state index contributed by atoms with van der Waals surface area (Å²) in [5.41, 5.74) is 2.80. The second-order valence-corrected chi connectivity index (χ2v) is 11.2. The summed E-state index contributed by atoms with van der Waals surface area (Å²) in [6.45, 7) is -0.143. The second kappa shape index (κ2) is 11.5. The summed E-state index contributed by atoms with van der Waals surface area (Å²) < 4.78 is 38.7. The molecule has 0 aliphatic heterocycles. The van der Waals surface area contributed by atoms with E-state index in [1.165, 1.54) is 44.6 Å². The van der Waals surface area contributed by atoms with Gasteiger partial charge in [-0.15, -0.1) is 0 Å². The van der Waals surface area contributed by atoms with E-state index >= 15 is 0 Å². The first kappa shape index (κ1) is 28.5. The molecule has 1 atom stereocenters. The molecule has 1 aliphatic carbocycles. The number of ketones is 1. The molecule has 5 rings (SSSR count). The van der Waals surface area contributed by atoms with Crippen molar-refractivity contribution in [2.45, 2.75) is 17.5 Å². The number of carboxylic acids is 1. The van der Waals surface area contributed by atoms with Crippen molar-refractivity contribution in [3.63, 3.8) is 0 Å². The molecule has 0 aromatic heterocycles. The van der Waals surface area contributed by atoms with Crippen molar-refractivity contribution in [2.75, 3.05) is 14.2 Å². The second-order valence-electron chi connectivity index (χ2n) is 9.43. The molecule has 0 bridgehead atoms. The number of fused-ring (bicyclic) bond motifs is 3. The largest absolute Gasteiger partial charge is 0.493 e. The number of carbonyl (C=O) groups is 3. The molecule has 0 radical (unpaired) electrons. The van der Waals surface area contributed by atoms with Crippen LogP contribution in [-0.2, 0) is 21.4 Å². The van der Waals surface area contributed by atoms with Crippen molar-refractivity contribution in [1.82, 2.24) is 10.0 Å². The standard InChI is InChI=1S/C31H26N2O8S/c1-40-25-14-13-20(16-26(25)41-2)42(38,39)32-17-18-7-5-8-19(15-18)28(31(36)37)33-30(35)24-12-6-11-23-27(24)21-9-3-4-10-22(21)29(23)34/h3-16,28,32H,17H2,1-2H3,(H,33,35)(H,36,37). The van der Waals surface area contributed by atoms with Crippen LogP contribution in [0.4, 0.5) is 0 Å². The Bertz CT molecular complexity index is 1830. The Hall–Kier alpha value is -5.00. The minimum absolute atomic E-state index is 0.0394. The topological polar surface area (TPSA) is 148 Å². The van der Waals surface area contributed by atoms with E-state index in [9.17, 15) is 27.9 Å². The van der Waals surface area contributed by atoms with Gasteiger partial charge in [0, 0.05) is 34.9 Å². The summed E-state index contributed by atoms with van der Waals surface area (Å²) in [5, 5.41) is 12.6. The number of ether oxygens (including phenoxy) is 2. The lowest BCUT2D eigenvalue weighted by molar-refractivity contribution is -0.139. The number of aliphatic carboxylic acids is 1. The summed E-state index contributed by atoms with van der Waals surface area (Å²) in [6, 6.07) is 20.7. The third-order valence-electron chi connectivity index (χ3n) is 6.93. The lowest BCUT2D eigenvalue weighted by Crippen LogP contribution is -2.34. The molecule has 1 amide bonds. The number of rotatable bonds is 10. The van der Waals surface area contributed by atoms with Gasteiger partial charge in [-0.3, -0.25) is 9.59 Å². The molecule has 0 spiro atoms. The van der Waals surface area contributed by atoms with Gasteiger partial charge in [0.25, 0.3) is 5.91 Å². The zero-order chi connectivity index (χ0) is 30.0. The molecular formula is C31H26N2O8S. The Balaban J connectivity index is 1.37. The van der Waals surface area contributed by atoms with Crippen LogP contribution in [0.2, 0.25) is 0 Å². The monoisotopic (exact) mass is 586 g/mol. The molecule has 4 aromatic rings. The third kappa shape index (κ3) is 5.35. The highest BCUT2D eigenvalue weighted by Crippen LogP contribution is 2.39. The van der Waals surface area contributed by atoms with Gasteiger partial charge in [-0.05, 0) is 34.9 Å². The van der Waals surface area contributed by atoms with Crippen molar-refractivity contribution in [2.24, 2.45) is 0 Å². The van der Waals surface area contributed by atoms with E-state index in [0.29, 0.717) is 33.6 Å². The number of carboxylic acid groups (broad SMARTS) is 1. The number of nitrogens with one attached hydrogen (secondary N) is 2. The van der Waals surface area contributed by atoms with Crippen molar-refractivity contribution in [3.05, 3.63) is 113 Å². The van der Waals surface area contributed by atoms with Gasteiger partial charge in [0.15, 0.2) is 23.3 Å². The number of hydrogen-bond acceptors (Lipinski definition) is 7. The molecule has 0 saturated heterocycles. The Labute approximate surface area is 242 Å². The Morgan fingerprint density at radius 2 is 1.52 bits per heavy atom. The molecular weight excluding hydrogens is 560 g/mol. The van der Waals surface area contributed by atoms with Crippen LogP contribution in [0.15, 0.2) is 89.8 Å². The lowest BCUT2D eigenvalue weighted by atomic mass is 9.98. The van der Waals surface area contributed by atoms with Crippen LogP contribution < -0.4 is 19.5 Å². The maximum atomic E-state index is 13.4. The van der Waals surface area contributed by atoms with Gasteiger partial charge < -0.3 is 19.9 Å². The number of carbonyl (C=O) groups excluding carboxylic acids is 2. The molecule has 214 valence electrons. The molecule has 0 heterocycles. The van der Waals surface area contributed by atoms with Crippen molar-refractivity contribution in [1.29, 1.82) is 0 Å². The van der Waals surface area contributed by atoms with Crippen LogP contribution in [-0.4, -0.2) is 45.4 Å². The number of sulfonamides is 1. The van der Waals surface area contributed by atoms with Crippen LogP contribution in [0, 0.1) is 0 Å². The number of hydrogen-bond donors (Lipinski definition) is 3. The molecule has 1 aliphatic rings. The zero-order valence-electron chi connectivity index (χ0n) is 22.6. The Morgan fingerprint density at radius 3 is 2.24 bits per heavy atom. The quantitative estimate of drug-likeness (QED) is 0.223. The van der Waals surface area contributed by atoms with Gasteiger partial charge in [0.05, 0.1) is 19.1 Å². The maximum Gasteiger partial charge on any atom is 0.330 e. The molecule has 0 saturated carbocycles. The third-order valence-corrected chi connectivity index (χ3v) is 8.33. The fourth-order valence-electron chi connectivity index (χ4n) is 4.89. The Kier molecular flexibility index (Phi) is 7.79. The van der Waals surface area contributed by atoms with Gasteiger partial charge in [0.2, 0.25) is 10.0 Å². The van der Waals surface area contributed by atoms with E-state index in [-0.39, 0.29) is 34.1 Å². The Morgan fingerprint density at radius 1 is 0.833 bits per heavy atom. The van der Waals surface area contributed by atoms with Gasteiger partial charge in [-0.25, -0.2) is 17.9 Å². The van der Waals surface area contributed by atoms with Gasteiger partial charge in [-0.2, -0.15) is 0 Å². The van der Waals surface area contributed by atoms with E-state index in [2.05, 4.69) is 10.0 Å². The van der Waals surface area contributed by atoms with E-state index in [0.717, 1.165) is 0 Å². The minimum Gasteiger partial charge on any atom is -0.493 e. The van der Waals surface area contributed by atoms with Crippen molar-refractivity contribution < 1.29 is 37.4 Å². The van der Waals surface area contributed by atoms with Crippen LogP contribution >= 0.6 is 0 Å². The highest BCUT2D eigenvalue weighted by Gasteiger charge is 2.32. The molecule has 42 heavy (non-hydrogen) atoms. The predicted octanol–water partition coefficient (Wildman–Crippen LogP) is 3.95. The minimum atomic E-state index is -3.95. The molecule has 1 unspecified atom stereocenters. The normalized spacial score (nSPS) is 12.7. The first-order valence-corrected chi connectivity index (χ1v) is 14.2. The van der Waals surface area contributed by atoms with Crippen LogP contribution in [0.5, 0.6) is 11.5 Å². The van der Waals surface area contributed by atoms with Crippen LogP contribution in [0.25, 0.3) is 11.1 Å². The average Bonchev–Trinajstić information content (AvgIpc) is 3.30. The fraction of sp³-hybridized carbons (Fsp3) is 0.129. The SMILES string of the molecule is COc1ccc(S(=O)(=O)NCc2cccc(C(NC(=O)c3cccc4c3-c3ccccc3C4=O)C(=O)O)c2)cc1OC. The fourth-order valence-corrected chi connectivity index (χ4v) is 5.92. The number of benzene rings is 4. The summed E-state index contributed by atoms with van der Waals surface area (Å²) in [4.78, 5) is 38.5. The lowest BCUT2D eigenvalue weighted by Gasteiger charge is -2.17. The van der Waals surface area contributed by atoms with Crippen LogP contribution in [0.3, 0.4) is 0 Å². The summed E-state index contributed by atoms with van der Waals surface area (Å²) >= 11 is 0. The summed E-state index contributed by atoms with van der Waals surface area (Å²) in [6.07, 6.45) is 0. The smallest absolute Gasteiger partial charge is 0.330 e. The van der Waals surface area contributed by atoms with E-state index in [1.54, 1.807) is 54.6 Å². The highest BCUT2D eigenvalue weighted by atomic mass is 32.2. The van der Waals surface area contributed by atoms with E-state index in [4.69, 9.17) is 9.47 Å². The molecule has 10 nitrogen and oxygen atoms in total. The van der Waals surface area contributed by atoms with Gasteiger partial charge in [-0.1, -0.05) is 60.7 Å².